The third-order valence-corrected chi connectivity index (χ3v) is 0.267. The minimum Gasteiger partial charge on any atom is -0.543 e. The van der Waals surface area contributed by atoms with E-state index in [1.165, 1.54) is 0 Å². The SMILES string of the molecule is O=C([O-])C(=O)[O-].OCCO.[K+].[K+]. The summed E-state index contributed by atoms with van der Waals surface area (Å²) in [7, 11) is 0. The van der Waals surface area contributed by atoms with Gasteiger partial charge in [0.15, 0.2) is 0 Å². The number of carboxylic acids is 2. The van der Waals surface area contributed by atoms with Crippen molar-refractivity contribution >= 4 is 11.9 Å². The first kappa shape index (κ1) is 23.7. The number of carbonyl (C=O) groups is 2. The molecule has 0 amide bonds. The zero-order valence-corrected chi connectivity index (χ0v) is 13.2. The van der Waals surface area contributed by atoms with Crippen molar-refractivity contribution in [1.82, 2.24) is 0 Å². The van der Waals surface area contributed by atoms with E-state index in [-0.39, 0.29) is 116 Å². The molecule has 0 atom stereocenters. The molecular weight excluding hydrogens is 222 g/mol. The average Bonchev–Trinajstić information content (AvgIpc) is 1.89. The van der Waals surface area contributed by atoms with E-state index in [4.69, 9.17) is 30.0 Å². The van der Waals surface area contributed by atoms with Crippen LogP contribution in [0.3, 0.4) is 0 Å². The number of aliphatic carboxylic acids is 2. The second-order valence-corrected chi connectivity index (χ2v) is 1.02. The molecule has 2 N–H and O–H groups in total. The monoisotopic (exact) mass is 228 g/mol. The summed E-state index contributed by atoms with van der Waals surface area (Å²) >= 11 is 0. The van der Waals surface area contributed by atoms with Crippen LogP contribution in [0.2, 0.25) is 0 Å². The third-order valence-electron chi connectivity index (χ3n) is 0.267. The van der Waals surface area contributed by atoms with Crippen LogP contribution >= 0.6 is 0 Å². The van der Waals surface area contributed by atoms with Gasteiger partial charge in [0.2, 0.25) is 0 Å². The van der Waals surface area contributed by atoms with Gasteiger partial charge in [-0.1, -0.05) is 0 Å². The topological polar surface area (TPSA) is 121 Å². The molecular formula is C4H6K2O6. The number of carbonyl (C=O) groups excluding carboxylic acids is 2. The summed E-state index contributed by atoms with van der Waals surface area (Å²) in [4.78, 5) is 17.9. The standard InChI is InChI=1S/C2H2O4.C2H6O2.2K/c3-1(4)2(5)6;3-1-2-4;;/h(H,3,4)(H,5,6);3-4H,1-2H2;;/q;;2*+1/p-2. The Morgan fingerprint density at radius 2 is 1.08 bits per heavy atom. The Morgan fingerprint density at radius 1 is 0.917 bits per heavy atom. The van der Waals surface area contributed by atoms with Gasteiger partial charge in [-0.25, -0.2) is 0 Å². The molecule has 0 radical (unpaired) electrons. The van der Waals surface area contributed by atoms with Crippen molar-refractivity contribution < 1.29 is 133 Å². The predicted molar refractivity (Wildman–Crippen MR) is 24.2 cm³/mol. The van der Waals surface area contributed by atoms with Crippen LogP contribution in [0.4, 0.5) is 0 Å². The Balaban J connectivity index is -0.0000000483. The van der Waals surface area contributed by atoms with Crippen LogP contribution in [0.5, 0.6) is 0 Å². The first-order valence-electron chi connectivity index (χ1n) is 2.20. The average molecular weight is 228 g/mol. The largest absolute Gasteiger partial charge is 1.00 e. The Bertz CT molecular complexity index is 102. The number of hydrogen-bond donors (Lipinski definition) is 2. The first-order chi connectivity index (χ1) is 4.56. The molecule has 0 heterocycles. The van der Waals surface area contributed by atoms with Crippen molar-refractivity contribution in [1.29, 1.82) is 0 Å². The first-order valence-corrected chi connectivity index (χ1v) is 2.20. The molecule has 6 nitrogen and oxygen atoms in total. The van der Waals surface area contributed by atoms with Gasteiger partial charge in [-0.05, 0) is 0 Å². The van der Waals surface area contributed by atoms with Crippen LogP contribution in [0.15, 0.2) is 0 Å². The van der Waals surface area contributed by atoms with Crippen LogP contribution in [0, 0.1) is 0 Å². The number of rotatable bonds is 1. The van der Waals surface area contributed by atoms with Crippen molar-refractivity contribution in [3.8, 4) is 0 Å². The normalized spacial score (nSPS) is 6.17. The summed E-state index contributed by atoms with van der Waals surface area (Å²) in [6.07, 6.45) is 0. The van der Waals surface area contributed by atoms with Crippen molar-refractivity contribution in [2.45, 2.75) is 0 Å². The summed E-state index contributed by atoms with van der Waals surface area (Å²) in [6.45, 7) is -0.250. The van der Waals surface area contributed by atoms with Crippen molar-refractivity contribution in [3.63, 3.8) is 0 Å². The van der Waals surface area contributed by atoms with E-state index in [0.29, 0.717) is 0 Å². The van der Waals surface area contributed by atoms with E-state index in [1.807, 2.05) is 0 Å². The zero-order chi connectivity index (χ0) is 8.57. The van der Waals surface area contributed by atoms with Gasteiger partial charge in [0.05, 0.1) is 25.2 Å². The smallest absolute Gasteiger partial charge is 0.543 e. The number of aliphatic hydroxyl groups excluding tert-OH is 2. The van der Waals surface area contributed by atoms with Gasteiger partial charge in [0, 0.05) is 0 Å². The minimum atomic E-state index is -2.19. The van der Waals surface area contributed by atoms with E-state index in [1.54, 1.807) is 0 Å². The summed E-state index contributed by atoms with van der Waals surface area (Å²) in [6, 6.07) is 0. The van der Waals surface area contributed by atoms with Gasteiger partial charge in [-0.15, -0.1) is 0 Å². The number of carboxylic acid groups (broad SMARTS) is 2. The molecule has 0 bridgehead atoms. The molecule has 60 valence electrons. The van der Waals surface area contributed by atoms with Gasteiger partial charge in [-0.3, -0.25) is 0 Å². The molecule has 0 aliphatic rings. The van der Waals surface area contributed by atoms with Crippen LogP contribution in [-0.4, -0.2) is 35.4 Å². The Labute approximate surface area is 154 Å². The predicted octanol–water partition coefficient (Wildman–Crippen LogP) is -10.5. The molecule has 0 aromatic heterocycles. The fraction of sp³-hybridized carbons (Fsp3) is 0.500. The van der Waals surface area contributed by atoms with Crippen molar-refractivity contribution in [2.75, 3.05) is 13.2 Å². The van der Waals surface area contributed by atoms with E-state index in [2.05, 4.69) is 0 Å². The van der Waals surface area contributed by atoms with Crippen LogP contribution in [0.25, 0.3) is 0 Å². The Kier molecular flexibility index (Phi) is 37.2. The summed E-state index contributed by atoms with van der Waals surface area (Å²) in [5, 5.41) is 33.1. The second kappa shape index (κ2) is 18.8. The molecule has 0 fully saturated rings. The van der Waals surface area contributed by atoms with Crippen molar-refractivity contribution in [3.05, 3.63) is 0 Å². The minimum absolute atomic E-state index is 0. The zero-order valence-electron chi connectivity index (χ0n) is 6.94. The molecule has 0 unspecified atom stereocenters. The number of aliphatic hydroxyl groups is 2. The van der Waals surface area contributed by atoms with Crippen molar-refractivity contribution in [2.24, 2.45) is 0 Å². The number of hydrogen-bond acceptors (Lipinski definition) is 6. The molecule has 0 aliphatic carbocycles. The van der Waals surface area contributed by atoms with Gasteiger partial charge < -0.3 is 30.0 Å². The second-order valence-electron chi connectivity index (χ2n) is 1.02. The molecule has 0 aromatic rings. The maximum absolute atomic E-state index is 8.93. The molecule has 0 saturated heterocycles. The Morgan fingerprint density at radius 3 is 1.08 bits per heavy atom. The van der Waals surface area contributed by atoms with Crippen LogP contribution < -0.4 is 113 Å². The van der Waals surface area contributed by atoms with E-state index in [9.17, 15) is 0 Å². The van der Waals surface area contributed by atoms with Gasteiger partial charge in [-0.2, -0.15) is 0 Å². The maximum atomic E-state index is 8.93. The summed E-state index contributed by atoms with van der Waals surface area (Å²) in [5.41, 5.74) is 0. The molecule has 0 aromatic carbocycles. The van der Waals surface area contributed by atoms with Gasteiger partial charge in [0.1, 0.15) is 0 Å². The van der Waals surface area contributed by atoms with Gasteiger partial charge >= 0.3 is 103 Å². The quantitative estimate of drug-likeness (QED) is 0.339. The van der Waals surface area contributed by atoms with Crippen LogP contribution in [0.1, 0.15) is 0 Å². The molecule has 8 heteroatoms. The van der Waals surface area contributed by atoms with E-state index >= 15 is 0 Å². The van der Waals surface area contributed by atoms with E-state index in [0.717, 1.165) is 0 Å². The molecule has 0 saturated carbocycles. The Hall–Kier alpha value is 2.13. The van der Waals surface area contributed by atoms with Crippen LogP contribution in [-0.2, 0) is 9.59 Å². The molecule has 12 heavy (non-hydrogen) atoms. The summed E-state index contributed by atoms with van der Waals surface area (Å²) in [5.74, 6) is -4.37. The third kappa shape index (κ3) is 29.6. The maximum Gasteiger partial charge on any atom is 1.00 e. The van der Waals surface area contributed by atoms with E-state index < -0.39 is 11.9 Å². The molecule has 0 spiro atoms. The van der Waals surface area contributed by atoms with Gasteiger partial charge in [0.25, 0.3) is 0 Å². The fourth-order valence-corrected chi connectivity index (χ4v) is 0. The molecule has 0 aliphatic heterocycles. The fourth-order valence-electron chi connectivity index (χ4n) is 0. The summed E-state index contributed by atoms with van der Waals surface area (Å²) < 4.78 is 0. The molecule has 0 rings (SSSR count).